The number of aromatic nitrogens is 2. The Kier molecular flexibility index (Phi) is 1.89. The second kappa shape index (κ2) is 3.14. The van der Waals surface area contributed by atoms with Gasteiger partial charge in [-0.05, 0) is 25.0 Å². The maximum absolute atomic E-state index is 6.07. The lowest BCUT2D eigenvalue weighted by molar-refractivity contribution is 0.414. The molecule has 1 saturated carbocycles. The molecule has 4 heteroatoms. The number of halogens is 1. The van der Waals surface area contributed by atoms with Gasteiger partial charge in [-0.25, -0.2) is 4.98 Å². The molecule has 0 amide bonds. The minimum Gasteiger partial charge on any atom is -0.383 e. The Morgan fingerprint density at radius 1 is 1.47 bits per heavy atom. The summed E-state index contributed by atoms with van der Waals surface area (Å²) in [6, 6.07) is 3.73. The lowest BCUT2D eigenvalue weighted by atomic mass is 9.83. The quantitative estimate of drug-likeness (QED) is 0.805. The number of nitrogens with two attached hydrogens (primary N) is 1. The minimum atomic E-state index is 0.543. The number of nitrogens with zero attached hydrogens (tertiary/aromatic N) is 2. The lowest BCUT2D eigenvalue weighted by Crippen LogP contribution is -2.11. The van der Waals surface area contributed by atoms with E-state index in [9.17, 15) is 0 Å². The SMILES string of the molecule is Nc1c(C2CCC2)nc2c(Cl)cccn12. The van der Waals surface area contributed by atoms with E-state index in [1.54, 1.807) is 0 Å². The van der Waals surface area contributed by atoms with Gasteiger partial charge in [0.15, 0.2) is 5.65 Å². The van der Waals surface area contributed by atoms with Crippen LogP contribution in [-0.4, -0.2) is 9.38 Å². The molecular formula is C11H12ClN3. The van der Waals surface area contributed by atoms with Crippen LogP contribution < -0.4 is 5.73 Å². The van der Waals surface area contributed by atoms with E-state index in [2.05, 4.69) is 4.98 Å². The molecular weight excluding hydrogens is 210 g/mol. The molecule has 2 aromatic rings. The van der Waals surface area contributed by atoms with Crippen LogP contribution in [-0.2, 0) is 0 Å². The number of pyridine rings is 1. The van der Waals surface area contributed by atoms with Crippen LogP contribution in [0.2, 0.25) is 5.02 Å². The van der Waals surface area contributed by atoms with Crippen molar-refractivity contribution in [2.75, 3.05) is 5.73 Å². The molecule has 0 aromatic carbocycles. The van der Waals surface area contributed by atoms with Crippen molar-refractivity contribution in [3.63, 3.8) is 0 Å². The second-order valence-corrected chi connectivity index (χ2v) is 4.47. The van der Waals surface area contributed by atoms with Crippen molar-refractivity contribution in [1.29, 1.82) is 0 Å². The molecule has 3 rings (SSSR count). The van der Waals surface area contributed by atoms with Crippen molar-refractivity contribution < 1.29 is 0 Å². The summed E-state index contributed by atoms with van der Waals surface area (Å²) >= 11 is 6.07. The molecule has 2 aromatic heterocycles. The first-order chi connectivity index (χ1) is 7.27. The number of hydrogen-bond acceptors (Lipinski definition) is 2. The maximum atomic E-state index is 6.07. The lowest BCUT2D eigenvalue weighted by Gasteiger charge is -2.23. The van der Waals surface area contributed by atoms with Gasteiger partial charge in [0.2, 0.25) is 0 Å². The smallest absolute Gasteiger partial charge is 0.157 e. The molecule has 1 fully saturated rings. The molecule has 1 aliphatic carbocycles. The van der Waals surface area contributed by atoms with Crippen LogP contribution in [0.3, 0.4) is 0 Å². The van der Waals surface area contributed by atoms with Crippen molar-refractivity contribution in [3.8, 4) is 0 Å². The largest absolute Gasteiger partial charge is 0.383 e. The Balaban J connectivity index is 2.23. The number of imidazole rings is 1. The van der Waals surface area contributed by atoms with E-state index in [0.29, 0.717) is 10.9 Å². The van der Waals surface area contributed by atoms with Gasteiger partial charge in [0.1, 0.15) is 5.82 Å². The fraction of sp³-hybridized carbons (Fsp3) is 0.364. The highest BCUT2D eigenvalue weighted by Crippen LogP contribution is 2.39. The standard InChI is InChI=1S/C11H12ClN3/c12-8-5-2-6-15-10(13)9(14-11(8)15)7-3-1-4-7/h2,5-7H,1,3-4,13H2. The van der Waals surface area contributed by atoms with Gasteiger partial charge in [-0.3, -0.25) is 4.40 Å². The highest BCUT2D eigenvalue weighted by atomic mass is 35.5. The van der Waals surface area contributed by atoms with Crippen molar-refractivity contribution in [2.45, 2.75) is 25.2 Å². The molecule has 15 heavy (non-hydrogen) atoms. The van der Waals surface area contributed by atoms with E-state index in [-0.39, 0.29) is 0 Å². The summed E-state index contributed by atoms with van der Waals surface area (Å²) in [4.78, 5) is 4.54. The number of nitrogen functional groups attached to an aromatic ring is 1. The van der Waals surface area contributed by atoms with Crippen LogP contribution in [0.15, 0.2) is 18.3 Å². The first-order valence-electron chi connectivity index (χ1n) is 5.19. The van der Waals surface area contributed by atoms with Crippen LogP contribution >= 0.6 is 11.6 Å². The second-order valence-electron chi connectivity index (χ2n) is 4.06. The predicted octanol–water partition coefficient (Wildman–Crippen LogP) is 2.84. The Morgan fingerprint density at radius 2 is 2.27 bits per heavy atom. The molecule has 0 aliphatic heterocycles. The average Bonchev–Trinajstić information content (AvgIpc) is 2.45. The molecule has 0 radical (unpaired) electrons. The summed E-state index contributed by atoms with van der Waals surface area (Å²) in [6.45, 7) is 0. The topological polar surface area (TPSA) is 43.3 Å². The van der Waals surface area contributed by atoms with Gasteiger partial charge in [0, 0.05) is 12.1 Å². The maximum Gasteiger partial charge on any atom is 0.157 e. The number of rotatable bonds is 1. The summed E-state index contributed by atoms with van der Waals surface area (Å²) in [5, 5.41) is 0.662. The Morgan fingerprint density at radius 3 is 2.87 bits per heavy atom. The fourth-order valence-corrected chi connectivity index (χ4v) is 2.26. The molecule has 0 spiro atoms. The molecule has 0 unspecified atom stereocenters. The van der Waals surface area contributed by atoms with E-state index >= 15 is 0 Å². The molecule has 2 heterocycles. The molecule has 0 bridgehead atoms. The molecule has 3 nitrogen and oxygen atoms in total. The highest BCUT2D eigenvalue weighted by molar-refractivity contribution is 6.33. The van der Waals surface area contributed by atoms with Crippen molar-refractivity contribution >= 4 is 23.1 Å². The Labute approximate surface area is 92.9 Å². The van der Waals surface area contributed by atoms with Crippen LogP contribution in [0.5, 0.6) is 0 Å². The summed E-state index contributed by atoms with van der Waals surface area (Å²) in [5.74, 6) is 1.29. The van der Waals surface area contributed by atoms with Gasteiger partial charge in [-0.1, -0.05) is 18.0 Å². The normalized spacial score (nSPS) is 16.9. The molecule has 0 saturated heterocycles. The van der Waals surface area contributed by atoms with Crippen LogP contribution in [0.1, 0.15) is 30.9 Å². The average molecular weight is 222 g/mol. The van der Waals surface area contributed by atoms with Gasteiger partial charge in [-0.15, -0.1) is 0 Å². The van der Waals surface area contributed by atoms with Crippen molar-refractivity contribution in [2.24, 2.45) is 0 Å². The van der Waals surface area contributed by atoms with E-state index in [1.807, 2.05) is 22.7 Å². The monoisotopic (exact) mass is 221 g/mol. The first-order valence-corrected chi connectivity index (χ1v) is 5.57. The Hall–Kier alpha value is -1.22. The van der Waals surface area contributed by atoms with Crippen LogP contribution in [0.4, 0.5) is 5.82 Å². The summed E-state index contributed by atoms with van der Waals surface area (Å²) in [7, 11) is 0. The van der Waals surface area contributed by atoms with Crippen molar-refractivity contribution in [3.05, 3.63) is 29.0 Å². The summed E-state index contributed by atoms with van der Waals surface area (Å²) in [5.41, 5.74) is 7.86. The number of hydrogen-bond donors (Lipinski definition) is 1. The van der Waals surface area contributed by atoms with E-state index in [0.717, 1.165) is 17.2 Å². The van der Waals surface area contributed by atoms with E-state index < -0.39 is 0 Å². The van der Waals surface area contributed by atoms with E-state index in [1.165, 1.54) is 19.3 Å². The predicted molar refractivity (Wildman–Crippen MR) is 61.2 cm³/mol. The summed E-state index contributed by atoms with van der Waals surface area (Å²) < 4.78 is 1.87. The van der Waals surface area contributed by atoms with Gasteiger partial charge in [-0.2, -0.15) is 0 Å². The van der Waals surface area contributed by atoms with E-state index in [4.69, 9.17) is 17.3 Å². The van der Waals surface area contributed by atoms with Gasteiger partial charge in [0.05, 0.1) is 10.7 Å². The zero-order chi connectivity index (χ0) is 10.4. The molecule has 2 N–H and O–H groups in total. The minimum absolute atomic E-state index is 0.543. The number of fused-ring (bicyclic) bond motifs is 1. The molecule has 1 aliphatic rings. The van der Waals surface area contributed by atoms with Crippen LogP contribution in [0, 0.1) is 0 Å². The third kappa shape index (κ3) is 1.23. The zero-order valence-corrected chi connectivity index (χ0v) is 9.04. The molecule has 78 valence electrons. The van der Waals surface area contributed by atoms with Crippen molar-refractivity contribution in [1.82, 2.24) is 9.38 Å². The molecule has 0 atom stereocenters. The Bertz CT molecular complexity index is 514. The van der Waals surface area contributed by atoms with Gasteiger partial charge < -0.3 is 5.73 Å². The highest BCUT2D eigenvalue weighted by Gasteiger charge is 2.25. The van der Waals surface area contributed by atoms with Gasteiger partial charge in [0.25, 0.3) is 0 Å². The fourth-order valence-electron chi connectivity index (χ4n) is 2.05. The third-order valence-corrected chi connectivity index (χ3v) is 3.45. The number of anilines is 1. The zero-order valence-electron chi connectivity index (χ0n) is 8.28. The van der Waals surface area contributed by atoms with Crippen LogP contribution in [0.25, 0.3) is 5.65 Å². The summed E-state index contributed by atoms with van der Waals surface area (Å²) in [6.07, 6.45) is 5.59. The third-order valence-electron chi connectivity index (χ3n) is 3.16. The first kappa shape index (κ1) is 9.04. The van der Waals surface area contributed by atoms with Gasteiger partial charge >= 0.3 is 0 Å².